The van der Waals surface area contributed by atoms with Gasteiger partial charge < -0.3 is 10.2 Å². The van der Waals surface area contributed by atoms with Crippen LogP contribution in [0.25, 0.3) is 0 Å². The third kappa shape index (κ3) is 56.0. The molecule has 0 aromatic heterocycles. The number of carbonyl (C=O) groups is 8. The molecule has 0 bridgehead atoms. The van der Waals surface area contributed by atoms with Crippen molar-refractivity contribution >= 4 is 67.9 Å². The molecule has 2 amide bonds. The molecule has 0 unspecified atom stereocenters. The molecule has 0 radical (unpaired) electrons. The number of carbonyl (C=O) groups excluding carboxylic acids is 8. The minimum absolute atomic E-state index is 0.0109. The topological polar surface area (TPSA) is 310 Å². The molecule has 0 aromatic rings. The van der Waals surface area contributed by atoms with Gasteiger partial charge in [-0.1, -0.05) is 0 Å². The van der Waals surface area contributed by atoms with Gasteiger partial charge in [0.1, 0.15) is 0 Å². The summed E-state index contributed by atoms with van der Waals surface area (Å²) in [4.78, 5) is 121. The van der Waals surface area contributed by atoms with Crippen molar-refractivity contribution in [2.24, 2.45) is 11.8 Å². The number of hydrogen-bond acceptors (Lipinski definition) is 12. The van der Waals surface area contributed by atoms with E-state index >= 15 is 0 Å². The number of nitrogens with one attached hydrogen (secondary N) is 2. The van der Waals surface area contributed by atoms with E-state index in [1.165, 1.54) is 55.4 Å². The van der Waals surface area contributed by atoms with Gasteiger partial charge in [0, 0.05) is 12.8 Å². The summed E-state index contributed by atoms with van der Waals surface area (Å²) >= 11 is 2.95. The van der Waals surface area contributed by atoms with Crippen molar-refractivity contribution in [2.45, 2.75) is 174 Å². The molecular formula is C43H68N2O16W2. The monoisotopic (exact) mass is 1240 g/mol. The van der Waals surface area contributed by atoms with Crippen LogP contribution in [0, 0.1) is 11.8 Å². The molecule has 2 atom stereocenters. The second kappa shape index (κ2) is 49.1. The first-order chi connectivity index (χ1) is 29.9. The van der Waals surface area contributed by atoms with E-state index in [1.54, 1.807) is 30.2 Å². The first kappa shape index (κ1) is 65.6. The van der Waals surface area contributed by atoms with E-state index in [0.717, 1.165) is 76.9 Å². The van der Waals surface area contributed by atoms with Crippen LogP contribution in [0.4, 0.5) is 0 Å². The van der Waals surface area contributed by atoms with Gasteiger partial charge in [-0.05, 0) is 0 Å². The summed E-state index contributed by atoms with van der Waals surface area (Å²) in [6, 6.07) is 0. The van der Waals surface area contributed by atoms with Crippen LogP contribution in [0.5, 0.6) is 0 Å². The van der Waals surface area contributed by atoms with Crippen molar-refractivity contribution in [1.82, 2.24) is 10.6 Å². The number of carboxylic acid groups (broad SMARTS) is 4. The van der Waals surface area contributed by atoms with Gasteiger partial charge >= 0.3 is 342 Å². The first-order valence-corrected chi connectivity index (χ1v) is 24.2. The molecule has 0 aliphatic rings. The van der Waals surface area contributed by atoms with Gasteiger partial charge in [0.2, 0.25) is 0 Å². The third-order valence-electron chi connectivity index (χ3n) is 9.13. The van der Waals surface area contributed by atoms with Crippen LogP contribution in [0.15, 0.2) is 0 Å². The summed E-state index contributed by atoms with van der Waals surface area (Å²) in [6.45, 7) is 2.16. The maximum atomic E-state index is 11.9. The Labute approximate surface area is 392 Å². The second-order valence-corrected chi connectivity index (χ2v) is 18.8. The zero-order valence-electron chi connectivity index (χ0n) is 36.5. The number of carboxylic acids is 4. The average Bonchev–Trinajstić information content (AvgIpc) is 3.20. The Balaban J connectivity index is -0.000000501. The summed E-state index contributed by atoms with van der Waals surface area (Å²) in [6.07, 6.45) is 20.9. The number of amides is 2. The van der Waals surface area contributed by atoms with Gasteiger partial charge in [-0.25, -0.2) is 0 Å². The van der Waals surface area contributed by atoms with Crippen LogP contribution in [-0.4, -0.2) is 101 Å². The minimum atomic E-state index is -0.973. The van der Waals surface area contributed by atoms with E-state index in [-0.39, 0.29) is 68.7 Å². The molecule has 0 spiro atoms. The summed E-state index contributed by atoms with van der Waals surface area (Å²) in [5.41, 5.74) is 0. The van der Waals surface area contributed by atoms with Crippen LogP contribution in [0.3, 0.4) is 0 Å². The van der Waals surface area contributed by atoms with Crippen LogP contribution in [0.2, 0.25) is 0 Å². The molecule has 63 heavy (non-hydrogen) atoms. The van der Waals surface area contributed by atoms with Crippen molar-refractivity contribution in [3.05, 3.63) is 0 Å². The van der Waals surface area contributed by atoms with Gasteiger partial charge in [-0.15, -0.1) is 0 Å². The molecule has 0 fully saturated rings. The number of ketones is 1. The molecule has 0 heterocycles. The van der Waals surface area contributed by atoms with Crippen molar-refractivity contribution in [3.63, 3.8) is 0 Å². The second-order valence-electron chi connectivity index (χ2n) is 14.6. The number of aldehydes is 1. The number of hydrogen-bond donors (Lipinski definition) is 6. The van der Waals surface area contributed by atoms with Crippen LogP contribution in [0.1, 0.15) is 174 Å². The molecule has 0 aromatic carbocycles. The summed E-state index contributed by atoms with van der Waals surface area (Å²) in [5, 5.41) is 40.8. The predicted molar refractivity (Wildman–Crippen MR) is 220 cm³/mol. The molecule has 6 N–H and O–H groups in total. The van der Waals surface area contributed by atoms with Crippen molar-refractivity contribution < 1.29 is 117 Å². The molecule has 358 valence electrons. The Bertz CT molecular complexity index is 1420. The number of aliphatic carboxylic acids is 4. The average molecular weight is 1240 g/mol. The van der Waals surface area contributed by atoms with E-state index in [0.29, 0.717) is 38.5 Å². The quantitative estimate of drug-likeness (QED) is 0.0351. The van der Waals surface area contributed by atoms with Crippen LogP contribution in [-0.2, 0) is 96.2 Å². The molecule has 0 rings (SSSR count). The Morgan fingerprint density at radius 1 is 0.492 bits per heavy atom. The number of Topliss-reactive ketones (excluding diaryl/α,β-unsaturated/α-hetero) is 1. The molecule has 0 aliphatic heterocycles. The number of rotatable bonds is 38. The zero-order chi connectivity index (χ0) is 48.7. The first-order valence-electron chi connectivity index (χ1n) is 21.3. The van der Waals surface area contributed by atoms with Gasteiger partial charge in [0.05, 0.1) is 0 Å². The molecule has 0 aliphatic carbocycles. The standard InChI is InChI=1S/C24H41NO6.C17H27NO6.2CO2.2W/c1-20(26)15-12-10-8-6-4-2-3-5-7-9-11-13-16-21(24(30)31)19-22(27)25-18-14-17-23(28)29;19-12-7-5-3-1-2-4-6-9-14(17(23)24)13-15(20)18-11-8-10-16(21)22;2*2-1-3;;/h21H,2-4,6-19H2,1H3,(H,25,27)(H,28,29)(H,30,31);12,14H,1-2,4-11,13H2,(H,18,20)(H,21,22)(H,23,24);;;;/t21-;14-;;;;/m11..../s1. The molecule has 0 saturated heterocycles. The van der Waals surface area contributed by atoms with Gasteiger partial charge in [-0.3, -0.25) is 9.59 Å². The van der Waals surface area contributed by atoms with Gasteiger partial charge in [-0.2, -0.15) is 19.2 Å². The Kier molecular flexibility index (Phi) is 51.1. The molecular weight excluding hydrogens is 1170 g/mol. The summed E-state index contributed by atoms with van der Waals surface area (Å²) in [7, 11) is 0. The zero-order valence-corrected chi connectivity index (χ0v) is 42.4. The fraction of sp³-hybridized carbons (Fsp3) is 0.721. The normalized spacial score (nSPS) is 10.7. The van der Waals surface area contributed by atoms with E-state index in [1.807, 2.05) is 0 Å². The van der Waals surface area contributed by atoms with E-state index in [2.05, 4.69) is 10.6 Å². The Morgan fingerprint density at radius 2 is 0.810 bits per heavy atom. The molecule has 0 saturated carbocycles. The summed E-state index contributed by atoms with van der Waals surface area (Å²) in [5.74, 6) is -5.52. The predicted octanol–water partition coefficient (Wildman–Crippen LogP) is 4.98. The van der Waals surface area contributed by atoms with Crippen molar-refractivity contribution in [3.8, 4) is 0 Å². The molecule has 18 nitrogen and oxygen atoms in total. The van der Waals surface area contributed by atoms with Crippen LogP contribution < -0.4 is 10.6 Å². The van der Waals surface area contributed by atoms with E-state index in [9.17, 15) is 48.6 Å². The summed E-state index contributed by atoms with van der Waals surface area (Å²) < 4.78 is 2.94. The van der Waals surface area contributed by atoms with Gasteiger partial charge in [0.15, 0.2) is 0 Å². The Hall–Kier alpha value is -3.96. The fourth-order valence-electron chi connectivity index (χ4n) is 5.80. The van der Waals surface area contributed by atoms with Crippen molar-refractivity contribution in [1.29, 1.82) is 0 Å². The third-order valence-corrected chi connectivity index (χ3v) is 12.1. The fourth-order valence-corrected chi connectivity index (χ4v) is 7.78. The maximum absolute atomic E-state index is 11.9. The van der Waals surface area contributed by atoms with Crippen LogP contribution >= 0.6 is 0 Å². The van der Waals surface area contributed by atoms with Crippen molar-refractivity contribution in [2.75, 3.05) is 13.1 Å². The Morgan fingerprint density at radius 3 is 1.13 bits per heavy atom. The molecule has 20 heteroatoms. The van der Waals surface area contributed by atoms with E-state index < -0.39 is 35.7 Å². The SMILES string of the molecule is CC(=O)CCCCCCCC[C](=[W])CCCCC[C@H](CC(=O)NCCCC(=O)O)C(=O)O.O=C=O.O=C=O.O=CCC[C](=[W])CCCCC[C@H](CC(=O)NCCCC(=O)O)C(=O)O. The van der Waals surface area contributed by atoms with E-state index in [4.69, 9.17) is 29.4 Å². The number of unbranched alkanes of at least 4 members (excludes halogenated alkanes) is 9. The van der Waals surface area contributed by atoms with Gasteiger partial charge in [0.25, 0.3) is 0 Å².